The topological polar surface area (TPSA) is 29.1 Å². The first-order chi connectivity index (χ1) is 12.1. The van der Waals surface area contributed by atoms with Crippen LogP contribution in [0.1, 0.15) is 38.2 Å². The van der Waals surface area contributed by atoms with Crippen LogP contribution in [-0.2, 0) is 4.79 Å². The third kappa shape index (κ3) is 6.81. The molecule has 25 heavy (non-hydrogen) atoms. The quantitative estimate of drug-likeness (QED) is 0.442. The van der Waals surface area contributed by atoms with Crippen molar-refractivity contribution in [2.45, 2.75) is 32.6 Å². The van der Waals surface area contributed by atoms with Crippen molar-refractivity contribution in [3.05, 3.63) is 71.6 Å². The lowest BCUT2D eigenvalue weighted by molar-refractivity contribution is -0.117. The first kappa shape index (κ1) is 18.7. The van der Waals surface area contributed by atoms with E-state index in [4.69, 9.17) is 0 Å². The molecule has 0 unspecified atom stereocenters. The van der Waals surface area contributed by atoms with Crippen molar-refractivity contribution >= 4 is 5.91 Å². The summed E-state index contributed by atoms with van der Waals surface area (Å²) in [5, 5.41) is 3.00. The van der Waals surface area contributed by atoms with Gasteiger partial charge in [-0.25, -0.2) is 4.39 Å². The normalized spacial score (nSPS) is 14.5. The zero-order chi connectivity index (χ0) is 18.1. The number of rotatable bonds is 7. The molecule has 1 amide bonds. The summed E-state index contributed by atoms with van der Waals surface area (Å²) in [6.07, 6.45) is 9.27. The highest BCUT2D eigenvalue weighted by atomic mass is 19.1. The van der Waals surface area contributed by atoms with Gasteiger partial charge in [-0.15, -0.1) is 0 Å². The minimum atomic E-state index is -0.312. The van der Waals surface area contributed by atoms with E-state index >= 15 is 0 Å². The maximum Gasteiger partial charge on any atom is 0.247 e. The number of carbonyl (C=O) groups is 1. The molecular weight excluding hydrogens is 313 g/mol. The minimum Gasteiger partial charge on any atom is -0.352 e. The van der Waals surface area contributed by atoms with E-state index in [-0.39, 0.29) is 11.7 Å². The molecule has 0 bridgehead atoms. The van der Waals surface area contributed by atoms with E-state index < -0.39 is 0 Å². The Bertz CT molecular complexity index is 745. The molecule has 1 aliphatic rings. The zero-order valence-electron chi connectivity index (χ0n) is 14.6. The smallest absolute Gasteiger partial charge is 0.247 e. The van der Waals surface area contributed by atoms with E-state index in [0.29, 0.717) is 17.1 Å². The van der Waals surface area contributed by atoms with Crippen LogP contribution in [0.15, 0.2) is 60.2 Å². The summed E-state index contributed by atoms with van der Waals surface area (Å²) in [4.78, 5) is 12.3. The van der Waals surface area contributed by atoms with Gasteiger partial charge in [0.2, 0.25) is 5.91 Å². The zero-order valence-corrected chi connectivity index (χ0v) is 14.6. The van der Waals surface area contributed by atoms with Gasteiger partial charge in [-0.05, 0) is 49.5 Å². The van der Waals surface area contributed by atoms with Crippen molar-refractivity contribution in [3.63, 3.8) is 0 Å². The predicted octanol–water partition coefficient (Wildman–Crippen LogP) is 4.54. The standard InChI is InChI=1S/C22H24FNO/c1-3-6-20(22(25)24-16-19-11-12-19)14-13-17(4-2)9-10-18-7-5-8-21(23)15-18/h4-5,7-8,13-15,19H,2-3,6,11-12,16H2,1H3,(H,24,25). The Morgan fingerprint density at radius 2 is 2.20 bits per heavy atom. The fraction of sp³-hybridized carbons (Fsp3) is 0.318. The molecule has 1 fully saturated rings. The molecule has 0 aromatic heterocycles. The SMILES string of the molecule is C=CC(C#Cc1cccc(F)c1)=CC=C(CCC)C(=O)NCC1CC1. The first-order valence-electron chi connectivity index (χ1n) is 8.71. The van der Waals surface area contributed by atoms with Crippen LogP contribution in [0, 0.1) is 23.6 Å². The summed E-state index contributed by atoms with van der Waals surface area (Å²) in [7, 11) is 0. The summed E-state index contributed by atoms with van der Waals surface area (Å²) in [6, 6.07) is 6.15. The summed E-state index contributed by atoms with van der Waals surface area (Å²) in [5.41, 5.74) is 2.04. The third-order valence-electron chi connectivity index (χ3n) is 3.92. The molecule has 1 aromatic carbocycles. The number of hydrogen-bond acceptors (Lipinski definition) is 1. The Labute approximate surface area is 149 Å². The second kappa shape index (κ2) is 9.64. The van der Waals surface area contributed by atoms with Crippen molar-refractivity contribution in [3.8, 4) is 11.8 Å². The van der Waals surface area contributed by atoms with Gasteiger partial charge in [0.15, 0.2) is 0 Å². The molecular formula is C22H24FNO. The molecule has 0 heterocycles. The van der Waals surface area contributed by atoms with E-state index in [1.165, 1.54) is 25.0 Å². The van der Waals surface area contributed by atoms with Gasteiger partial charge in [0.25, 0.3) is 0 Å². The number of nitrogens with one attached hydrogen (secondary N) is 1. The van der Waals surface area contributed by atoms with Crippen molar-refractivity contribution in [1.29, 1.82) is 0 Å². The Hall–Kier alpha value is -2.60. The maximum absolute atomic E-state index is 13.2. The molecule has 1 aromatic rings. The van der Waals surface area contributed by atoms with Crippen LogP contribution in [0.3, 0.4) is 0 Å². The summed E-state index contributed by atoms with van der Waals surface area (Å²) >= 11 is 0. The molecule has 0 saturated heterocycles. The number of hydrogen-bond donors (Lipinski definition) is 1. The Balaban J connectivity index is 2.10. The number of allylic oxidation sites excluding steroid dienone is 4. The molecule has 0 aliphatic heterocycles. The molecule has 130 valence electrons. The second-order valence-electron chi connectivity index (χ2n) is 6.18. The van der Waals surface area contributed by atoms with E-state index in [0.717, 1.165) is 25.0 Å². The monoisotopic (exact) mass is 337 g/mol. The van der Waals surface area contributed by atoms with Crippen LogP contribution in [0.5, 0.6) is 0 Å². The molecule has 2 rings (SSSR count). The van der Waals surface area contributed by atoms with Crippen LogP contribution in [0.25, 0.3) is 0 Å². The summed E-state index contributed by atoms with van der Waals surface area (Å²) in [6.45, 7) is 6.56. The number of amides is 1. The average molecular weight is 337 g/mol. The number of halogens is 1. The van der Waals surface area contributed by atoms with Crippen LogP contribution < -0.4 is 5.32 Å². The lowest BCUT2D eigenvalue weighted by Gasteiger charge is -2.06. The Morgan fingerprint density at radius 3 is 2.84 bits per heavy atom. The largest absolute Gasteiger partial charge is 0.352 e. The van der Waals surface area contributed by atoms with Crippen molar-refractivity contribution in [1.82, 2.24) is 5.32 Å². The molecule has 0 atom stereocenters. The highest BCUT2D eigenvalue weighted by Gasteiger charge is 2.22. The summed E-state index contributed by atoms with van der Waals surface area (Å²) in [5.74, 6) is 6.21. The van der Waals surface area contributed by atoms with Crippen molar-refractivity contribution in [2.24, 2.45) is 5.92 Å². The minimum absolute atomic E-state index is 0.00787. The third-order valence-corrected chi connectivity index (χ3v) is 3.92. The molecule has 2 nitrogen and oxygen atoms in total. The van der Waals surface area contributed by atoms with Crippen LogP contribution in [-0.4, -0.2) is 12.5 Å². The van der Waals surface area contributed by atoms with Gasteiger partial charge in [-0.3, -0.25) is 4.79 Å². The van der Waals surface area contributed by atoms with Crippen LogP contribution in [0.2, 0.25) is 0 Å². The van der Waals surface area contributed by atoms with Crippen LogP contribution >= 0.6 is 0 Å². The molecule has 3 heteroatoms. The predicted molar refractivity (Wildman–Crippen MR) is 100 cm³/mol. The molecule has 1 aliphatic carbocycles. The molecule has 0 radical (unpaired) electrons. The van der Waals surface area contributed by atoms with Gasteiger partial charge in [-0.1, -0.05) is 50.0 Å². The lowest BCUT2D eigenvalue weighted by Crippen LogP contribution is -2.27. The van der Waals surface area contributed by atoms with Crippen molar-refractivity contribution < 1.29 is 9.18 Å². The van der Waals surface area contributed by atoms with E-state index in [2.05, 4.69) is 23.7 Å². The molecule has 1 N–H and O–H groups in total. The molecule has 0 spiro atoms. The van der Waals surface area contributed by atoms with E-state index in [1.807, 2.05) is 13.0 Å². The lowest BCUT2D eigenvalue weighted by atomic mass is 10.1. The maximum atomic E-state index is 13.2. The average Bonchev–Trinajstić information content (AvgIpc) is 3.43. The Kier molecular flexibility index (Phi) is 7.22. The van der Waals surface area contributed by atoms with Gasteiger partial charge in [0.1, 0.15) is 5.82 Å². The summed E-state index contributed by atoms with van der Waals surface area (Å²) < 4.78 is 13.2. The van der Waals surface area contributed by atoms with E-state index in [1.54, 1.807) is 24.3 Å². The highest BCUT2D eigenvalue weighted by molar-refractivity contribution is 5.93. The van der Waals surface area contributed by atoms with Gasteiger partial charge in [0.05, 0.1) is 0 Å². The Morgan fingerprint density at radius 1 is 1.40 bits per heavy atom. The number of carbonyl (C=O) groups excluding carboxylic acids is 1. The van der Waals surface area contributed by atoms with Gasteiger partial charge < -0.3 is 5.32 Å². The second-order valence-corrected chi connectivity index (χ2v) is 6.18. The van der Waals surface area contributed by atoms with Crippen LogP contribution in [0.4, 0.5) is 4.39 Å². The molecule has 1 saturated carbocycles. The highest BCUT2D eigenvalue weighted by Crippen LogP contribution is 2.27. The van der Waals surface area contributed by atoms with Gasteiger partial charge >= 0.3 is 0 Å². The van der Waals surface area contributed by atoms with Gasteiger partial charge in [0, 0.05) is 23.3 Å². The fourth-order valence-electron chi connectivity index (χ4n) is 2.28. The van der Waals surface area contributed by atoms with E-state index in [9.17, 15) is 9.18 Å². The van der Waals surface area contributed by atoms with Crippen molar-refractivity contribution in [2.75, 3.05) is 6.54 Å². The fourth-order valence-corrected chi connectivity index (χ4v) is 2.28. The number of benzene rings is 1. The van der Waals surface area contributed by atoms with Gasteiger partial charge in [-0.2, -0.15) is 0 Å². The first-order valence-corrected chi connectivity index (χ1v) is 8.71.